The second-order valence-electron chi connectivity index (χ2n) is 7.82. The van der Waals surface area contributed by atoms with E-state index >= 15 is 0 Å². The van der Waals surface area contributed by atoms with Crippen LogP contribution < -0.4 is 5.32 Å². The average Bonchev–Trinajstić information content (AvgIpc) is 2.69. The van der Waals surface area contributed by atoms with Crippen LogP contribution in [0.3, 0.4) is 0 Å². The number of anilines is 1. The fraction of sp³-hybridized carbons (Fsp3) is 0.476. The summed E-state index contributed by atoms with van der Waals surface area (Å²) < 4.78 is 0. The third-order valence-corrected chi connectivity index (χ3v) is 6.06. The minimum atomic E-state index is -0.309. The van der Waals surface area contributed by atoms with E-state index in [0.717, 1.165) is 23.4 Å². The first kappa shape index (κ1) is 17.9. The van der Waals surface area contributed by atoms with E-state index in [4.69, 9.17) is 0 Å². The van der Waals surface area contributed by atoms with Crippen molar-refractivity contribution in [2.75, 3.05) is 25.0 Å². The summed E-state index contributed by atoms with van der Waals surface area (Å²) in [6.45, 7) is 3.43. The molecule has 4 aliphatic rings. The van der Waals surface area contributed by atoms with E-state index in [-0.39, 0.29) is 16.5 Å². The van der Waals surface area contributed by atoms with Crippen molar-refractivity contribution in [3.05, 3.63) is 57.8 Å². The lowest BCUT2D eigenvalue weighted by Crippen LogP contribution is -2.48. The van der Waals surface area contributed by atoms with Gasteiger partial charge < -0.3 is 10.2 Å². The van der Waals surface area contributed by atoms with Crippen LogP contribution in [-0.2, 0) is 4.79 Å². The van der Waals surface area contributed by atoms with Crippen molar-refractivity contribution in [2.24, 2.45) is 11.8 Å². The molecular formula is C21H25N3O3. The second-order valence-corrected chi connectivity index (χ2v) is 7.82. The lowest BCUT2D eigenvalue weighted by Gasteiger charge is -2.44. The molecule has 142 valence electrons. The van der Waals surface area contributed by atoms with Gasteiger partial charge in [-0.05, 0) is 67.5 Å². The molecule has 6 heteroatoms. The molecule has 1 aliphatic carbocycles. The maximum Gasteiger partial charge on any atom is 0.247 e. The number of nitrogens with zero attached hydrogens (tertiary/aromatic N) is 2. The first-order chi connectivity index (χ1) is 13.1. The van der Waals surface area contributed by atoms with Gasteiger partial charge in [0.05, 0.1) is 4.92 Å². The number of hydrogen-bond donors (Lipinski definition) is 1. The highest BCUT2D eigenvalue weighted by molar-refractivity contribution is 5.91. The Labute approximate surface area is 159 Å². The van der Waals surface area contributed by atoms with Gasteiger partial charge in [-0.25, -0.2) is 0 Å². The fourth-order valence-corrected chi connectivity index (χ4v) is 4.55. The van der Waals surface area contributed by atoms with E-state index in [1.54, 1.807) is 6.08 Å². The van der Waals surface area contributed by atoms with Crippen LogP contribution in [-0.4, -0.2) is 35.4 Å². The van der Waals surface area contributed by atoms with Gasteiger partial charge in [0.1, 0.15) is 0 Å². The Morgan fingerprint density at radius 1 is 1.22 bits per heavy atom. The van der Waals surface area contributed by atoms with Crippen LogP contribution in [0.2, 0.25) is 0 Å². The summed E-state index contributed by atoms with van der Waals surface area (Å²) >= 11 is 0. The largest absolute Gasteiger partial charge is 0.326 e. The van der Waals surface area contributed by atoms with E-state index in [2.05, 4.69) is 10.2 Å². The zero-order chi connectivity index (χ0) is 18.8. The predicted octanol–water partition coefficient (Wildman–Crippen LogP) is 3.69. The maximum absolute atomic E-state index is 12.4. The van der Waals surface area contributed by atoms with Gasteiger partial charge in [-0.3, -0.25) is 14.9 Å². The molecule has 27 heavy (non-hydrogen) atoms. The Kier molecular flexibility index (Phi) is 5.07. The van der Waals surface area contributed by atoms with Gasteiger partial charge in [0.15, 0.2) is 0 Å². The quantitative estimate of drug-likeness (QED) is 0.636. The zero-order valence-corrected chi connectivity index (χ0v) is 15.4. The number of carbonyl (C=O) groups excluding carboxylic acids is 1. The molecule has 1 N–H and O–H groups in total. The number of amides is 1. The number of carbonyl (C=O) groups is 1. The summed E-state index contributed by atoms with van der Waals surface area (Å²) in [7, 11) is 0. The smallest absolute Gasteiger partial charge is 0.247 e. The molecule has 0 aromatic heterocycles. The topological polar surface area (TPSA) is 75.5 Å². The minimum absolute atomic E-state index is 0.0777. The molecule has 2 bridgehead atoms. The van der Waals surface area contributed by atoms with Crippen LogP contribution in [0.1, 0.15) is 37.7 Å². The monoisotopic (exact) mass is 367 g/mol. The molecule has 0 spiro atoms. The molecule has 3 saturated heterocycles. The van der Waals surface area contributed by atoms with Crippen LogP contribution in [0.4, 0.5) is 5.69 Å². The molecule has 0 saturated carbocycles. The van der Waals surface area contributed by atoms with E-state index in [1.165, 1.54) is 25.9 Å². The number of rotatable bonds is 5. The highest BCUT2D eigenvalue weighted by atomic mass is 16.6. The molecular weight excluding hydrogens is 342 g/mol. The fourth-order valence-electron chi connectivity index (χ4n) is 4.55. The summed E-state index contributed by atoms with van der Waals surface area (Å²) in [6, 6.07) is 7.57. The first-order valence-corrected chi connectivity index (χ1v) is 9.76. The van der Waals surface area contributed by atoms with Crippen LogP contribution >= 0.6 is 0 Å². The van der Waals surface area contributed by atoms with Gasteiger partial charge in [-0.1, -0.05) is 18.2 Å². The maximum atomic E-state index is 12.4. The first-order valence-electron chi connectivity index (χ1n) is 9.76. The Bertz CT molecular complexity index is 789. The van der Waals surface area contributed by atoms with Crippen LogP contribution in [0.15, 0.2) is 42.1 Å². The zero-order valence-electron chi connectivity index (χ0n) is 15.4. The van der Waals surface area contributed by atoms with Crippen molar-refractivity contribution in [1.29, 1.82) is 0 Å². The molecule has 6 nitrogen and oxygen atoms in total. The molecule has 3 aliphatic heterocycles. The standard InChI is InChI=1S/C21H25N3O3/c25-21(13-18-14-23-10-8-16(18)9-11-23)22-19-6-4-15(5-7-19)17-2-1-3-20(12-17)24(26)27/h2,4-7,12,16,18H,1,3,8-11,13-14H2,(H,22,25). The van der Waals surface area contributed by atoms with Crippen molar-refractivity contribution < 1.29 is 9.72 Å². The number of piperidine rings is 3. The van der Waals surface area contributed by atoms with Gasteiger partial charge in [-0.15, -0.1) is 0 Å². The van der Waals surface area contributed by atoms with E-state index in [1.807, 2.05) is 30.3 Å². The number of hydrogen-bond acceptors (Lipinski definition) is 4. The summed E-state index contributed by atoms with van der Waals surface area (Å²) in [5.74, 6) is 1.25. The van der Waals surface area contributed by atoms with Gasteiger partial charge in [0, 0.05) is 31.1 Å². The molecule has 1 unspecified atom stereocenters. The van der Waals surface area contributed by atoms with E-state index in [9.17, 15) is 14.9 Å². The Morgan fingerprint density at radius 3 is 2.59 bits per heavy atom. The average molecular weight is 367 g/mol. The second kappa shape index (κ2) is 7.64. The van der Waals surface area contributed by atoms with Gasteiger partial charge >= 0.3 is 0 Å². The van der Waals surface area contributed by atoms with Crippen molar-refractivity contribution >= 4 is 17.2 Å². The van der Waals surface area contributed by atoms with Crippen molar-refractivity contribution in [3.63, 3.8) is 0 Å². The number of allylic oxidation sites excluding steroid dienone is 4. The van der Waals surface area contributed by atoms with Crippen LogP contribution in [0.25, 0.3) is 5.57 Å². The van der Waals surface area contributed by atoms with E-state index in [0.29, 0.717) is 31.1 Å². The third-order valence-electron chi connectivity index (χ3n) is 6.06. The van der Waals surface area contributed by atoms with Crippen molar-refractivity contribution in [1.82, 2.24) is 4.90 Å². The molecule has 1 amide bonds. The van der Waals surface area contributed by atoms with Crippen molar-refractivity contribution in [3.8, 4) is 0 Å². The normalized spacial score (nSPS) is 26.9. The highest BCUT2D eigenvalue weighted by Gasteiger charge is 2.35. The third kappa shape index (κ3) is 4.11. The summed E-state index contributed by atoms with van der Waals surface area (Å²) in [5, 5.41) is 14.0. The molecule has 1 aromatic rings. The molecule has 0 radical (unpaired) electrons. The van der Waals surface area contributed by atoms with Crippen LogP contribution in [0, 0.1) is 22.0 Å². The Hall–Kier alpha value is -2.47. The molecule has 5 rings (SSSR count). The van der Waals surface area contributed by atoms with Gasteiger partial charge in [0.25, 0.3) is 0 Å². The Balaban J connectivity index is 1.36. The van der Waals surface area contributed by atoms with Crippen LogP contribution in [0.5, 0.6) is 0 Å². The summed E-state index contributed by atoms with van der Waals surface area (Å²) in [4.78, 5) is 25.6. The highest BCUT2D eigenvalue weighted by Crippen LogP contribution is 2.34. The molecule has 1 atom stereocenters. The molecule has 3 fully saturated rings. The van der Waals surface area contributed by atoms with Crippen molar-refractivity contribution in [2.45, 2.75) is 32.1 Å². The molecule has 3 heterocycles. The van der Waals surface area contributed by atoms with Gasteiger partial charge in [-0.2, -0.15) is 0 Å². The summed E-state index contributed by atoms with van der Waals surface area (Å²) in [6.07, 6.45) is 7.86. The molecule has 1 aromatic carbocycles. The lowest BCUT2D eigenvalue weighted by molar-refractivity contribution is -0.427. The van der Waals surface area contributed by atoms with E-state index < -0.39 is 0 Å². The predicted molar refractivity (Wildman–Crippen MR) is 105 cm³/mol. The summed E-state index contributed by atoms with van der Waals surface area (Å²) in [5.41, 5.74) is 2.84. The number of benzene rings is 1. The Morgan fingerprint density at radius 2 is 1.96 bits per heavy atom. The SMILES string of the molecule is O=C(CC1CN2CCC1CC2)Nc1ccc(C2=CCCC([N+](=O)[O-])=C2)cc1. The number of fused-ring (bicyclic) bond motifs is 3. The number of nitrogens with one attached hydrogen (secondary N) is 1. The minimum Gasteiger partial charge on any atom is -0.326 e. The lowest BCUT2D eigenvalue weighted by atomic mass is 9.77. The number of nitro groups is 1. The van der Waals surface area contributed by atoms with Gasteiger partial charge in [0.2, 0.25) is 11.6 Å².